The largest absolute Gasteiger partial charge is 0.484 e. The second kappa shape index (κ2) is 12.9. The summed E-state index contributed by atoms with van der Waals surface area (Å²) in [6, 6.07) is 23.1. The zero-order chi connectivity index (χ0) is 26.2. The van der Waals surface area contributed by atoms with Gasteiger partial charge in [0.05, 0.1) is 0 Å². The molecule has 0 heterocycles. The molecule has 3 aromatic rings. The zero-order valence-corrected chi connectivity index (χ0v) is 23.2. The maximum absolute atomic E-state index is 13.7. The number of nitrogens with zero attached hydrogens (tertiary/aromatic N) is 1. The minimum absolute atomic E-state index is 0.106. The summed E-state index contributed by atoms with van der Waals surface area (Å²) < 4.78 is 6.86. The summed E-state index contributed by atoms with van der Waals surface area (Å²) in [5, 5.41) is 3.24. The number of halogens is 1. The number of rotatable bonds is 10. The Hall–Kier alpha value is -3.12. The van der Waals surface area contributed by atoms with Crippen molar-refractivity contribution >= 4 is 27.7 Å². The normalized spacial score (nSPS) is 14.2. The molecule has 1 aliphatic rings. The summed E-state index contributed by atoms with van der Waals surface area (Å²) >= 11 is 3.53. The molecule has 1 fully saturated rings. The molecule has 0 spiro atoms. The van der Waals surface area contributed by atoms with E-state index in [1.807, 2.05) is 86.6 Å². The molecule has 5 nitrogen and oxygen atoms in total. The molecule has 0 aromatic heterocycles. The van der Waals surface area contributed by atoms with Crippen LogP contribution in [0.25, 0.3) is 0 Å². The van der Waals surface area contributed by atoms with E-state index in [1.165, 1.54) is 5.56 Å². The molecular formula is C31H35BrN2O3. The molecule has 0 radical (unpaired) electrons. The fourth-order valence-corrected chi connectivity index (χ4v) is 5.23. The van der Waals surface area contributed by atoms with Crippen LogP contribution in [0.5, 0.6) is 5.75 Å². The fraction of sp³-hybridized carbons (Fsp3) is 0.355. The lowest BCUT2D eigenvalue weighted by molar-refractivity contribution is -0.143. The lowest BCUT2D eigenvalue weighted by atomic mass is 10.0. The molecule has 4 rings (SSSR count). The summed E-state index contributed by atoms with van der Waals surface area (Å²) in [5.41, 5.74) is 4.23. The van der Waals surface area contributed by atoms with Gasteiger partial charge in [-0.25, -0.2) is 0 Å². The number of amides is 2. The van der Waals surface area contributed by atoms with Gasteiger partial charge in [-0.05, 0) is 73.2 Å². The van der Waals surface area contributed by atoms with E-state index in [0.29, 0.717) is 18.7 Å². The van der Waals surface area contributed by atoms with Gasteiger partial charge in [-0.1, -0.05) is 77.3 Å². The molecule has 0 aliphatic heterocycles. The van der Waals surface area contributed by atoms with Crippen LogP contribution in [0.1, 0.15) is 47.9 Å². The van der Waals surface area contributed by atoms with Gasteiger partial charge in [-0.3, -0.25) is 9.59 Å². The molecule has 0 saturated heterocycles. The Morgan fingerprint density at radius 3 is 2.38 bits per heavy atom. The lowest BCUT2D eigenvalue weighted by Crippen LogP contribution is -2.53. The van der Waals surface area contributed by atoms with Crippen molar-refractivity contribution in [3.63, 3.8) is 0 Å². The number of hydrogen-bond acceptors (Lipinski definition) is 3. The van der Waals surface area contributed by atoms with E-state index in [-0.39, 0.29) is 24.5 Å². The maximum atomic E-state index is 13.7. The highest BCUT2D eigenvalue weighted by Crippen LogP contribution is 2.22. The summed E-state index contributed by atoms with van der Waals surface area (Å²) in [6.07, 6.45) is 4.65. The van der Waals surface area contributed by atoms with E-state index < -0.39 is 6.04 Å². The minimum atomic E-state index is -0.655. The first kappa shape index (κ1) is 26.9. The molecule has 194 valence electrons. The number of carbonyl (C=O) groups excluding carboxylic acids is 2. The third-order valence-corrected chi connectivity index (χ3v) is 7.55. The second-order valence-corrected chi connectivity index (χ2v) is 10.8. The SMILES string of the molecule is Cc1ccc(OCC(=O)N(Cc2cccc(Br)c2)C(Cc2ccccc2)C(=O)NC2CCCC2)cc1C. The van der Waals surface area contributed by atoms with E-state index >= 15 is 0 Å². The molecule has 3 aromatic carbocycles. The fourth-order valence-electron chi connectivity index (χ4n) is 4.79. The monoisotopic (exact) mass is 562 g/mol. The number of nitrogens with one attached hydrogen (secondary N) is 1. The summed E-state index contributed by atoms with van der Waals surface area (Å²) in [4.78, 5) is 29.1. The highest BCUT2D eigenvalue weighted by Gasteiger charge is 2.32. The number of aryl methyl sites for hydroxylation is 2. The van der Waals surface area contributed by atoms with Gasteiger partial charge in [0.25, 0.3) is 5.91 Å². The third kappa shape index (κ3) is 7.68. The second-order valence-electron chi connectivity index (χ2n) is 9.88. The van der Waals surface area contributed by atoms with Crippen LogP contribution >= 0.6 is 15.9 Å². The number of carbonyl (C=O) groups is 2. The van der Waals surface area contributed by atoms with Gasteiger partial charge in [0.1, 0.15) is 11.8 Å². The number of hydrogen-bond donors (Lipinski definition) is 1. The molecule has 0 bridgehead atoms. The van der Waals surface area contributed by atoms with Crippen LogP contribution in [-0.2, 0) is 22.6 Å². The van der Waals surface area contributed by atoms with Crippen molar-refractivity contribution in [1.29, 1.82) is 0 Å². The lowest BCUT2D eigenvalue weighted by Gasteiger charge is -2.32. The molecule has 1 unspecified atom stereocenters. The molecule has 1 atom stereocenters. The quantitative estimate of drug-likeness (QED) is 0.322. The van der Waals surface area contributed by atoms with Crippen LogP contribution < -0.4 is 10.1 Å². The predicted molar refractivity (Wildman–Crippen MR) is 150 cm³/mol. The predicted octanol–water partition coefficient (Wildman–Crippen LogP) is 6.14. The van der Waals surface area contributed by atoms with E-state index in [2.05, 4.69) is 21.2 Å². The average Bonchev–Trinajstić information content (AvgIpc) is 3.40. The minimum Gasteiger partial charge on any atom is -0.484 e. The Bertz CT molecular complexity index is 1210. The van der Waals surface area contributed by atoms with Crippen LogP contribution in [-0.4, -0.2) is 35.4 Å². The summed E-state index contributed by atoms with van der Waals surface area (Å²) in [7, 11) is 0. The van der Waals surface area contributed by atoms with Crippen molar-refractivity contribution in [3.8, 4) is 5.75 Å². The molecule has 1 aliphatic carbocycles. The first-order valence-electron chi connectivity index (χ1n) is 13.0. The van der Waals surface area contributed by atoms with E-state index in [0.717, 1.165) is 46.8 Å². The first-order valence-corrected chi connectivity index (χ1v) is 13.8. The van der Waals surface area contributed by atoms with Crippen molar-refractivity contribution in [2.24, 2.45) is 0 Å². The Kier molecular flexibility index (Phi) is 9.40. The zero-order valence-electron chi connectivity index (χ0n) is 21.6. The van der Waals surface area contributed by atoms with Crippen LogP contribution in [0.2, 0.25) is 0 Å². The van der Waals surface area contributed by atoms with Gasteiger partial charge in [0.2, 0.25) is 5.91 Å². The van der Waals surface area contributed by atoms with Gasteiger partial charge in [-0.2, -0.15) is 0 Å². The van der Waals surface area contributed by atoms with E-state index in [9.17, 15) is 9.59 Å². The maximum Gasteiger partial charge on any atom is 0.261 e. The van der Waals surface area contributed by atoms with Gasteiger partial charge < -0.3 is 15.0 Å². The van der Waals surface area contributed by atoms with Gasteiger partial charge in [0, 0.05) is 23.5 Å². The molecule has 2 amide bonds. The van der Waals surface area contributed by atoms with Gasteiger partial charge in [0.15, 0.2) is 6.61 Å². The standard InChI is InChI=1S/C31H35BrN2O3/c1-22-15-16-28(17-23(22)2)37-21-30(35)34(20-25-11-8-12-26(32)18-25)29(19-24-9-4-3-5-10-24)31(36)33-27-13-6-7-14-27/h3-5,8-12,15-18,27,29H,6-7,13-14,19-21H2,1-2H3,(H,33,36). The first-order chi connectivity index (χ1) is 17.9. The Morgan fingerprint density at radius 2 is 1.68 bits per heavy atom. The van der Waals surface area contributed by atoms with Crippen molar-refractivity contribution < 1.29 is 14.3 Å². The van der Waals surface area contributed by atoms with Crippen molar-refractivity contribution in [2.45, 2.75) is 64.6 Å². The van der Waals surface area contributed by atoms with Crippen LogP contribution in [0.15, 0.2) is 77.3 Å². The molecule has 1 saturated carbocycles. The molecule has 1 N–H and O–H groups in total. The third-order valence-electron chi connectivity index (χ3n) is 7.06. The molecular weight excluding hydrogens is 528 g/mol. The molecule has 37 heavy (non-hydrogen) atoms. The van der Waals surface area contributed by atoms with E-state index in [1.54, 1.807) is 4.90 Å². The number of ether oxygens (including phenoxy) is 1. The van der Waals surface area contributed by atoms with Crippen molar-refractivity contribution in [1.82, 2.24) is 10.2 Å². The average molecular weight is 564 g/mol. The van der Waals surface area contributed by atoms with Crippen molar-refractivity contribution in [3.05, 3.63) is 99.5 Å². The Labute approximate surface area is 228 Å². The summed E-state index contributed by atoms with van der Waals surface area (Å²) in [6.45, 7) is 4.23. The Morgan fingerprint density at radius 1 is 0.946 bits per heavy atom. The topological polar surface area (TPSA) is 58.6 Å². The smallest absolute Gasteiger partial charge is 0.261 e. The van der Waals surface area contributed by atoms with Crippen molar-refractivity contribution in [2.75, 3.05) is 6.61 Å². The van der Waals surface area contributed by atoms with Crippen LogP contribution in [0.4, 0.5) is 0 Å². The highest BCUT2D eigenvalue weighted by atomic mass is 79.9. The van der Waals surface area contributed by atoms with Gasteiger partial charge in [-0.15, -0.1) is 0 Å². The van der Waals surface area contributed by atoms with Crippen LogP contribution in [0, 0.1) is 13.8 Å². The van der Waals surface area contributed by atoms with E-state index in [4.69, 9.17) is 4.74 Å². The highest BCUT2D eigenvalue weighted by molar-refractivity contribution is 9.10. The summed E-state index contributed by atoms with van der Waals surface area (Å²) in [5.74, 6) is 0.319. The van der Waals surface area contributed by atoms with Crippen LogP contribution in [0.3, 0.4) is 0 Å². The number of benzene rings is 3. The Balaban J connectivity index is 1.61. The molecule has 6 heteroatoms. The van der Waals surface area contributed by atoms with Gasteiger partial charge >= 0.3 is 0 Å².